The molecule has 10 aliphatic rings. The number of nitrogens with zero attached hydrogens (tertiary/aromatic N) is 4. The molecule has 136 heavy (non-hydrogen) atoms. The average Bonchev–Trinajstić information content (AvgIpc) is 0.981. The molecule has 6 aliphatic heterocycles. The number of benzene rings is 16. The number of fused-ring (bicyclic) bond motifs is 26. The van der Waals surface area contributed by atoms with Crippen LogP contribution in [0.4, 0.5) is 38.8 Å². The maximum Gasteiger partial charge on any atom is 0.262 e. The summed E-state index contributed by atoms with van der Waals surface area (Å²) in [6.45, 7) is 0.626. The molecule has 16 aromatic carbocycles. The minimum Gasteiger partial charge on any atom is -0.453 e. The highest BCUT2D eigenvalue weighted by atomic mass is 79.9. The first kappa shape index (κ1) is 84.4. The molecule has 0 radical (unpaired) electrons. The first-order valence-electron chi connectivity index (χ1n) is 47.1. The molecule has 18 aromatic rings. The molecule has 0 saturated heterocycles. The van der Waals surface area contributed by atoms with Gasteiger partial charge in [0.15, 0.2) is 23.0 Å². The van der Waals surface area contributed by atoms with Gasteiger partial charge in [0.25, 0.3) is 5.54 Å². The van der Waals surface area contributed by atoms with Crippen molar-refractivity contribution in [3.05, 3.63) is 512 Å². The maximum absolute atomic E-state index is 6.37. The van der Waals surface area contributed by atoms with Crippen LogP contribution < -0.4 is 57.5 Å². The van der Waals surface area contributed by atoms with Gasteiger partial charge in [-0.2, -0.15) is 0 Å². The van der Waals surface area contributed by atoms with Crippen molar-refractivity contribution in [3.8, 4) is 34.4 Å². The van der Waals surface area contributed by atoms with E-state index in [0.717, 1.165) is 61.6 Å². The second-order valence-electron chi connectivity index (χ2n) is 37.1. The Hall–Kier alpha value is -14.6. The van der Waals surface area contributed by atoms with E-state index in [-0.39, 0.29) is 72.1 Å². The molecular weight excluding hydrogens is 1790 g/mol. The summed E-state index contributed by atoms with van der Waals surface area (Å²) >= 11 is 7.68. The van der Waals surface area contributed by atoms with Crippen LogP contribution in [-0.4, -0.2) is 34.8 Å². The van der Waals surface area contributed by atoms with Crippen LogP contribution >= 0.6 is 31.7 Å². The van der Waals surface area contributed by atoms with Crippen LogP contribution in [0.2, 0.25) is 23.3 Å². The highest BCUT2D eigenvalue weighted by Crippen LogP contribution is 2.64. The largest absolute Gasteiger partial charge is 0.453 e. The lowest BCUT2D eigenvalue weighted by Crippen LogP contribution is -2.67. The van der Waals surface area contributed by atoms with Gasteiger partial charge in [-0.1, -0.05) is 414 Å². The van der Waals surface area contributed by atoms with Gasteiger partial charge in [0, 0.05) is 59.6 Å². The summed E-state index contributed by atoms with van der Waals surface area (Å²) in [6.07, 6.45) is 38.6. The normalized spacial score (nSPS) is 21.2. The summed E-state index contributed by atoms with van der Waals surface area (Å²) in [5, 5.41) is 5.16. The van der Waals surface area contributed by atoms with Crippen molar-refractivity contribution < 1.29 is 14.2 Å². The average molecular weight is 1880 g/mol. The minimum absolute atomic E-state index is 0. The number of rotatable bonds is 7. The van der Waals surface area contributed by atoms with E-state index >= 15 is 0 Å². The zero-order chi connectivity index (χ0) is 88.7. The monoisotopic (exact) mass is 1880 g/mol. The summed E-state index contributed by atoms with van der Waals surface area (Å²) in [5.74, 6) is 5.80. The SMILES string of the molecule is BrB1c2ccccc2C2(c3ccccc3B(c3ccc(-n4c5ccccc5c5ccccc54)cc3)C3C=CC=CC32)C2C=CC=CC12.Brc1ccc(N2c3ccccc3Oc3ccccc32)cc1.C.C1=CC2B(c3ccc(N4c5ccccc5Oc5ccccc54)cc3)c3ccccc3C3(c4ccccc4B(c4ccc(-n5c6ccccc6c6ccccc65)cc4)C4C=CC=CC43)C2C=C1.F. The van der Waals surface area contributed by atoms with E-state index in [9.17, 15) is 0 Å². The van der Waals surface area contributed by atoms with Crippen molar-refractivity contribution in [2.75, 3.05) is 9.80 Å². The molecule has 0 amide bonds. The minimum atomic E-state index is -0.290. The molecule has 28 rings (SSSR count). The third-order valence-electron chi connectivity index (χ3n) is 30.9. The number of aromatic nitrogens is 2. The molecule has 0 N–H and O–H groups in total. The van der Waals surface area contributed by atoms with Crippen molar-refractivity contribution in [1.82, 2.24) is 9.13 Å². The summed E-state index contributed by atoms with van der Waals surface area (Å²) in [7, 11) is 0. The summed E-state index contributed by atoms with van der Waals surface area (Å²) in [4.78, 5) is 4.56. The van der Waals surface area contributed by atoms with Crippen LogP contribution in [0.1, 0.15) is 29.7 Å². The van der Waals surface area contributed by atoms with Crippen molar-refractivity contribution in [2.45, 2.75) is 41.5 Å². The van der Waals surface area contributed by atoms with Crippen molar-refractivity contribution in [1.29, 1.82) is 0 Å². The van der Waals surface area contributed by atoms with Gasteiger partial charge < -0.3 is 28.4 Å². The Balaban J connectivity index is 0.000000125. The molecule has 650 valence electrons. The molecule has 13 heteroatoms. The lowest BCUT2D eigenvalue weighted by Gasteiger charge is -2.59. The Labute approximate surface area is 811 Å². The Morgan fingerprint density at radius 1 is 0.243 bits per heavy atom. The number of anilines is 6. The number of hydrogen-bond acceptors (Lipinski definition) is 4. The second kappa shape index (κ2) is 34.4. The number of hydrogen-bond donors (Lipinski definition) is 0. The van der Waals surface area contributed by atoms with Gasteiger partial charge in [0.1, 0.15) is 0 Å². The van der Waals surface area contributed by atoms with Crippen molar-refractivity contribution in [2.24, 2.45) is 23.7 Å². The van der Waals surface area contributed by atoms with E-state index in [0.29, 0.717) is 23.5 Å². The fourth-order valence-corrected chi connectivity index (χ4v) is 26.9. The van der Waals surface area contributed by atoms with E-state index in [1.165, 1.54) is 115 Å². The molecule has 10 unspecified atom stereocenters. The van der Waals surface area contributed by atoms with E-state index in [2.05, 4.69) is 488 Å². The molecule has 0 saturated carbocycles. The number of para-hydroxylation sites is 12. The first-order valence-corrected chi connectivity index (χ1v) is 48.8. The second-order valence-corrected chi connectivity index (χ2v) is 39.1. The van der Waals surface area contributed by atoms with Crippen molar-refractivity contribution >= 4 is 173 Å². The van der Waals surface area contributed by atoms with Gasteiger partial charge in [-0.15, -0.1) is 15.8 Å². The van der Waals surface area contributed by atoms with Crippen LogP contribution in [-0.2, 0) is 10.8 Å². The van der Waals surface area contributed by atoms with Gasteiger partial charge in [0.2, 0.25) is 20.1 Å². The van der Waals surface area contributed by atoms with Crippen LogP contribution in [0.25, 0.3) is 55.0 Å². The maximum atomic E-state index is 6.37. The Kier molecular flexibility index (Phi) is 21.3. The van der Waals surface area contributed by atoms with E-state index in [1.807, 2.05) is 48.5 Å². The highest BCUT2D eigenvalue weighted by Gasteiger charge is 2.64. The molecule has 2 aromatic heterocycles. The number of halogens is 3. The van der Waals surface area contributed by atoms with Gasteiger partial charge >= 0.3 is 0 Å². The van der Waals surface area contributed by atoms with Gasteiger partial charge in [-0.05, 0) is 203 Å². The molecule has 2 spiro atoms. The Morgan fingerprint density at radius 3 is 0.816 bits per heavy atom. The van der Waals surface area contributed by atoms with Crippen LogP contribution in [0.3, 0.4) is 0 Å². The van der Waals surface area contributed by atoms with E-state index < -0.39 is 0 Å². The fraction of sp³-hybridized carbons (Fsp3) is 0.0894. The Bertz CT molecular complexity index is 7820. The van der Waals surface area contributed by atoms with E-state index in [4.69, 9.17) is 9.47 Å². The molecule has 8 heterocycles. The molecule has 0 fully saturated rings. The topological polar surface area (TPSA) is 34.8 Å². The lowest BCUT2D eigenvalue weighted by molar-refractivity contribution is 0.281. The molecule has 10 atom stereocenters. The summed E-state index contributed by atoms with van der Waals surface area (Å²) in [5.41, 5.74) is 29.3. The smallest absolute Gasteiger partial charge is 0.262 e. The number of ether oxygens (including phenoxy) is 2. The summed E-state index contributed by atoms with van der Waals surface area (Å²) in [6, 6.07) is 142. The van der Waals surface area contributed by atoms with Gasteiger partial charge in [-0.25, -0.2) is 0 Å². The van der Waals surface area contributed by atoms with Crippen LogP contribution in [0, 0.1) is 23.7 Å². The lowest BCUT2D eigenvalue weighted by atomic mass is 9.19. The predicted molar refractivity (Wildman–Crippen MR) is 580 cm³/mol. The Morgan fingerprint density at radius 2 is 0.485 bits per heavy atom. The zero-order valence-corrected chi connectivity index (χ0v) is 77.1. The number of allylic oxidation sites excluding steroid dienone is 16. The molecule has 0 bridgehead atoms. The highest BCUT2D eigenvalue weighted by molar-refractivity contribution is 9.25. The van der Waals surface area contributed by atoms with Gasteiger partial charge in [0.05, 0.1) is 44.8 Å². The standard InChI is InChI=1S/C61H44B2N2O.C43H32B2BrN.C18H12BrNO.CH4.FH/c1-11-27-55-45(17-1)46-18-2-12-28-56(46)64(55)43-37-33-41(34-38-43)62-51-23-7-3-19-47(51)61(48-20-4-8-24-52(48)62)49-21-5-9-25-53(49)63(54-26-10-6-22-50(54)61)42-35-39-44(40-36-42)65-57-29-13-15-31-59(57)66-60-32-16-14-30-58(60)65;46-45-39-21-9-5-17-35(39)43(36-18-6-10-22-40(36)45)33-15-3-7-19-37(33)44(38-20-8-4-16-34(38)43)29-25-27-30(28-26-29)47-41-23-11-1-13-31(41)32-14-2-12-24-42(32)47;19-13-9-11-14(12-10-13)20-15-5-1-3-7-17(15)21-18-8-4-2-6-16(18)20;;/h1-40,47,49,51,53H;1-28,33,35,37,39H;1-12H;1H4;1H. The molecule has 6 nitrogen and oxygen atoms in total. The van der Waals surface area contributed by atoms with Crippen LogP contribution in [0.15, 0.2) is 490 Å². The third-order valence-corrected chi connectivity index (χ3v) is 32.5. The van der Waals surface area contributed by atoms with E-state index in [1.54, 1.807) is 0 Å². The van der Waals surface area contributed by atoms with Crippen molar-refractivity contribution in [3.63, 3.8) is 0 Å². The predicted octanol–water partition coefficient (Wildman–Crippen LogP) is 27.5. The molecular formula is C123H93B4Br2FN4O2. The fourth-order valence-electron chi connectivity index (χ4n) is 25.8. The third kappa shape index (κ3) is 13.1. The molecule has 4 aliphatic carbocycles. The summed E-state index contributed by atoms with van der Waals surface area (Å²) < 4.78 is 18.3. The first-order chi connectivity index (χ1) is 66.4. The van der Waals surface area contributed by atoms with Crippen LogP contribution in [0.5, 0.6) is 23.0 Å². The van der Waals surface area contributed by atoms with Gasteiger partial charge in [-0.3, -0.25) is 4.70 Å². The zero-order valence-electron chi connectivity index (χ0n) is 73.9. The quantitative estimate of drug-likeness (QED) is 0.149.